The number of allylic oxidation sites excluding steroid dienone is 2. The van der Waals surface area contributed by atoms with E-state index in [0.29, 0.717) is 32.2 Å². The largest absolute Gasteiger partial charge is 0.459 e. The molecule has 0 radical (unpaired) electrons. The van der Waals surface area contributed by atoms with Crippen molar-refractivity contribution in [1.82, 2.24) is 5.32 Å². The fraction of sp³-hybridized carbons (Fsp3) is 0.762. The Morgan fingerprint density at radius 2 is 2.04 bits per heavy atom. The van der Waals surface area contributed by atoms with E-state index in [1.807, 2.05) is 43.4 Å². The van der Waals surface area contributed by atoms with E-state index in [2.05, 4.69) is 18.0 Å². The van der Waals surface area contributed by atoms with Crippen LogP contribution in [0.15, 0.2) is 23.8 Å². The normalized spacial score (nSPS) is 29.6. The minimum atomic E-state index is -1.17. The standard InChI is InChI=1S/C21H36INO5/c1-14(2)8-7-10-20(5,25)19-18(27-6)16(9-11-21(19,22)26)28-17(24)13-23-12-15(3)4/h8,16,18-19,23,25-26H,3,7,9-13H2,1-2,4-6H3/t16-,18-,19-,20+,21-/m1/s1. The Balaban J connectivity index is 2.89. The van der Waals surface area contributed by atoms with Gasteiger partial charge in [-0.25, -0.2) is 0 Å². The number of hydrogen-bond acceptors (Lipinski definition) is 6. The van der Waals surface area contributed by atoms with E-state index in [1.54, 1.807) is 6.92 Å². The molecule has 0 unspecified atom stereocenters. The fourth-order valence-corrected chi connectivity index (χ4v) is 5.11. The molecule has 0 amide bonds. The number of carbonyl (C=O) groups excluding carboxylic acids is 1. The van der Waals surface area contributed by atoms with Gasteiger partial charge in [-0.15, -0.1) is 0 Å². The SMILES string of the molecule is C=C(C)CNCC(=O)O[C@@H]1CC[C@](O)(I)[C@@H]([C@@](C)(O)CCC=C(C)C)[C@@H]1OC. The van der Waals surface area contributed by atoms with Gasteiger partial charge in [-0.1, -0.05) is 23.8 Å². The summed E-state index contributed by atoms with van der Waals surface area (Å²) in [6.45, 7) is 12.0. The number of halogens is 1. The van der Waals surface area contributed by atoms with Crippen molar-refractivity contribution < 1.29 is 24.5 Å². The van der Waals surface area contributed by atoms with Crippen LogP contribution in [0.4, 0.5) is 0 Å². The van der Waals surface area contributed by atoms with Gasteiger partial charge in [0.1, 0.15) is 15.8 Å². The maximum Gasteiger partial charge on any atom is 0.320 e. The molecule has 0 spiro atoms. The van der Waals surface area contributed by atoms with Crippen molar-refractivity contribution in [3.05, 3.63) is 23.8 Å². The Hall–Kier alpha value is -0.480. The fourth-order valence-electron chi connectivity index (χ4n) is 3.77. The molecule has 1 aliphatic rings. The second-order valence-corrected chi connectivity index (χ2v) is 10.2. The first-order valence-corrected chi connectivity index (χ1v) is 10.8. The molecule has 0 heterocycles. The summed E-state index contributed by atoms with van der Waals surface area (Å²) in [7, 11) is 1.53. The number of ether oxygens (including phenoxy) is 2. The molecular formula is C21H36INO5. The summed E-state index contributed by atoms with van der Waals surface area (Å²) < 4.78 is 10.2. The van der Waals surface area contributed by atoms with E-state index in [0.717, 1.165) is 5.57 Å². The molecule has 0 aromatic heterocycles. The van der Waals surface area contributed by atoms with Crippen molar-refractivity contribution in [2.45, 2.75) is 74.8 Å². The van der Waals surface area contributed by atoms with Gasteiger partial charge in [-0.3, -0.25) is 4.79 Å². The maximum atomic E-state index is 12.2. The van der Waals surface area contributed by atoms with Gasteiger partial charge in [0.25, 0.3) is 0 Å². The minimum Gasteiger partial charge on any atom is -0.459 e. The van der Waals surface area contributed by atoms with Crippen molar-refractivity contribution in [2.24, 2.45) is 5.92 Å². The van der Waals surface area contributed by atoms with Crippen LogP contribution in [0, 0.1) is 5.92 Å². The first kappa shape index (κ1) is 25.6. The second-order valence-electron chi connectivity index (χ2n) is 8.30. The molecule has 3 N–H and O–H groups in total. The summed E-state index contributed by atoms with van der Waals surface area (Å²) in [6.07, 6.45) is 3.02. The first-order chi connectivity index (χ1) is 12.9. The van der Waals surface area contributed by atoms with Crippen LogP contribution < -0.4 is 5.32 Å². The molecule has 0 aromatic rings. The predicted molar refractivity (Wildman–Crippen MR) is 119 cm³/mol. The smallest absolute Gasteiger partial charge is 0.320 e. The van der Waals surface area contributed by atoms with E-state index in [9.17, 15) is 15.0 Å². The monoisotopic (exact) mass is 509 g/mol. The van der Waals surface area contributed by atoms with E-state index >= 15 is 0 Å². The lowest BCUT2D eigenvalue weighted by atomic mass is 9.71. The Bertz CT molecular complexity index is 569. The summed E-state index contributed by atoms with van der Waals surface area (Å²) in [4.78, 5) is 12.2. The molecule has 1 saturated carbocycles. The quantitative estimate of drug-likeness (QED) is 0.182. The van der Waals surface area contributed by atoms with Crippen molar-refractivity contribution >= 4 is 28.6 Å². The van der Waals surface area contributed by atoms with Crippen LogP contribution >= 0.6 is 22.6 Å². The minimum absolute atomic E-state index is 0.0793. The molecule has 0 aliphatic heterocycles. The molecule has 0 aromatic carbocycles. The molecule has 0 bridgehead atoms. The zero-order valence-corrected chi connectivity index (χ0v) is 19.9. The third kappa shape index (κ3) is 7.74. The van der Waals surface area contributed by atoms with Gasteiger partial charge in [0.05, 0.1) is 18.1 Å². The molecule has 5 atom stereocenters. The van der Waals surface area contributed by atoms with E-state index in [-0.39, 0.29) is 12.5 Å². The number of esters is 1. The summed E-state index contributed by atoms with van der Waals surface area (Å²) >= 11 is 1.99. The van der Waals surface area contributed by atoms with Crippen molar-refractivity contribution in [1.29, 1.82) is 0 Å². The number of hydrogen-bond donors (Lipinski definition) is 3. The first-order valence-electron chi connectivity index (χ1n) is 9.75. The molecule has 1 rings (SSSR count). The van der Waals surface area contributed by atoms with E-state index in [4.69, 9.17) is 9.47 Å². The van der Waals surface area contributed by atoms with E-state index < -0.39 is 27.3 Å². The molecule has 7 heteroatoms. The zero-order valence-electron chi connectivity index (χ0n) is 17.8. The average molecular weight is 509 g/mol. The maximum absolute atomic E-state index is 12.2. The van der Waals surface area contributed by atoms with Gasteiger partial charge < -0.3 is 25.0 Å². The van der Waals surface area contributed by atoms with Crippen molar-refractivity contribution in [3.63, 3.8) is 0 Å². The van der Waals surface area contributed by atoms with Crippen LogP contribution in [0.3, 0.4) is 0 Å². The molecule has 28 heavy (non-hydrogen) atoms. The summed E-state index contributed by atoms with van der Waals surface area (Å²) in [5.41, 5.74) is 0.940. The molecule has 162 valence electrons. The highest BCUT2D eigenvalue weighted by Gasteiger charge is 2.55. The van der Waals surface area contributed by atoms with Crippen LogP contribution in [0.5, 0.6) is 0 Å². The number of nitrogens with one attached hydrogen (secondary N) is 1. The third-order valence-corrected chi connectivity index (χ3v) is 6.29. The lowest BCUT2D eigenvalue weighted by molar-refractivity contribution is -0.198. The van der Waals surface area contributed by atoms with Crippen molar-refractivity contribution in [2.75, 3.05) is 20.2 Å². The molecular weight excluding hydrogens is 473 g/mol. The number of methoxy groups -OCH3 is 1. The average Bonchev–Trinajstić information content (AvgIpc) is 2.54. The van der Waals surface area contributed by atoms with Crippen LogP contribution in [0.25, 0.3) is 0 Å². The lowest BCUT2D eigenvalue weighted by Crippen LogP contribution is -2.60. The van der Waals surface area contributed by atoms with Crippen LogP contribution in [-0.2, 0) is 14.3 Å². The van der Waals surface area contributed by atoms with Gasteiger partial charge in [0.15, 0.2) is 0 Å². The lowest BCUT2D eigenvalue weighted by Gasteiger charge is -2.50. The second kappa shape index (κ2) is 11.1. The Labute approximate surface area is 182 Å². The topological polar surface area (TPSA) is 88.0 Å². The van der Waals surface area contributed by atoms with Crippen LogP contribution in [0.2, 0.25) is 0 Å². The van der Waals surface area contributed by atoms with Gasteiger partial charge in [0, 0.05) is 13.7 Å². The molecule has 1 fully saturated rings. The highest BCUT2D eigenvalue weighted by molar-refractivity contribution is 14.1. The van der Waals surface area contributed by atoms with Gasteiger partial charge in [0.2, 0.25) is 0 Å². The number of carbonyl (C=O) groups is 1. The zero-order chi connectivity index (χ0) is 21.5. The highest BCUT2D eigenvalue weighted by atomic mass is 127. The highest BCUT2D eigenvalue weighted by Crippen LogP contribution is 2.47. The van der Waals surface area contributed by atoms with E-state index in [1.165, 1.54) is 12.7 Å². The summed E-state index contributed by atoms with van der Waals surface area (Å²) in [5.74, 6) is -0.971. The summed E-state index contributed by atoms with van der Waals surface area (Å²) in [5, 5.41) is 25.2. The van der Waals surface area contributed by atoms with Crippen molar-refractivity contribution in [3.8, 4) is 0 Å². The Kier molecular flexibility index (Phi) is 10.1. The van der Waals surface area contributed by atoms with Crippen LogP contribution in [0.1, 0.15) is 53.4 Å². The number of aliphatic hydroxyl groups is 2. The van der Waals surface area contributed by atoms with Gasteiger partial charge >= 0.3 is 5.97 Å². The predicted octanol–water partition coefficient (Wildman–Crippen LogP) is 3.11. The van der Waals surface area contributed by atoms with Gasteiger partial charge in [-0.05, 0) is 76.0 Å². The van der Waals surface area contributed by atoms with Gasteiger partial charge in [-0.2, -0.15) is 0 Å². The third-order valence-electron chi connectivity index (χ3n) is 5.08. The Morgan fingerprint density at radius 1 is 1.39 bits per heavy atom. The van der Waals surface area contributed by atoms with Crippen LogP contribution in [-0.4, -0.2) is 57.8 Å². The Morgan fingerprint density at radius 3 is 2.57 bits per heavy atom. The molecule has 6 nitrogen and oxygen atoms in total. The number of rotatable bonds is 10. The number of alkyl halides is 1. The molecule has 0 saturated heterocycles. The summed E-state index contributed by atoms with van der Waals surface area (Å²) in [6, 6.07) is 0. The molecule has 1 aliphatic carbocycles.